The quantitative estimate of drug-likeness (QED) is 0.546. The molecule has 2 aromatic rings. The first-order chi connectivity index (χ1) is 14.1. The molecule has 1 aliphatic heterocycles. The Morgan fingerprint density at radius 2 is 2.03 bits per heavy atom. The summed E-state index contributed by atoms with van der Waals surface area (Å²) in [5.74, 6) is -0.811. The maximum absolute atomic E-state index is 12.7. The minimum atomic E-state index is -1.02. The van der Waals surface area contributed by atoms with Crippen LogP contribution in [0, 0.1) is 12.8 Å². The van der Waals surface area contributed by atoms with Gasteiger partial charge < -0.3 is 10.1 Å². The van der Waals surface area contributed by atoms with Crippen LogP contribution in [0.15, 0.2) is 29.2 Å². The maximum Gasteiger partial charge on any atom is 0.326 e. The highest BCUT2D eigenvalue weighted by atomic mass is 16.5. The van der Waals surface area contributed by atoms with Crippen molar-refractivity contribution in [2.75, 3.05) is 6.54 Å². The second kappa shape index (κ2) is 8.25. The van der Waals surface area contributed by atoms with Crippen LogP contribution in [0.2, 0.25) is 0 Å². The standard InChI is InChI=1S/C21H26N4O5/c1-13(2)7-8-21(4)19(28)25(20(29)23-21)11-17(27)30-12-15-10-16(26)24-9-5-6-14(3)18(24)22-15/h5-6,9-10,13H,7-8,11-12H2,1-4H3,(H,23,29)/t21-/m1/s1. The summed E-state index contributed by atoms with van der Waals surface area (Å²) in [4.78, 5) is 54.6. The number of imide groups is 1. The van der Waals surface area contributed by atoms with Crippen LogP contribution in [-0.4, -0.2) is 44.3 Å². The predicted molar refractivity (Wildman–Crippen MR) is 109 cm³/mol. The number of nitrogens with one attached hydrogen (secondary N) is 1. The average Bonchev–Trinajstić information content (AvgIpc) is 2.89. The van der Waals surface area contributed by atoms with E-state index in [1.807, 2.05) is 26.8 Å². The Hall–Kier alpha value is -3.23. The zero-order valence-corrected chi connectivity index (χ0v) is 17.6. The third kappa shape index (κ3) is 4.34. The van der Waals surface area contributed by atoms with Gasteiger partial charge in [0.2, 0.25) is 0 Å². The summed E-state index contributed by atoms with van der Waals surface area (Å²) >= 11 is 0. The Morgan fingerprint density at radius 3 is 2.73 bits per heavy atom. The number of esters is 1. The van der Waals surface area contributed by atoms with Crippen LogP contribution >= 0.6 is 0 Å². The van der Waals surface area contributed by atoms with Crippen molar-refractivity contribution >= 4 is 23.6 Å². The fraction of sp³-hybridized carbons (Fsp3) is 0.476. The van der Waals surface area contributed by atoms with E-state index in [0.717, 1.165) is 16.9 Å². The van der Waals surface area contributed by atoms with Gasteiger partial charge in [0.25, 0.3) is 11.5 Å². The van der Waals surface area contributed by atoms with Gasteiger partial charge in [-0.15, -0.1) is 0 Å². The molecule has 1 fully saturated rings. The predicted octanol–water partition coefficient (Wildman–Crippen LogP) is 1.79. The van der Waals surface area contributed by atoms with Crippen LogP contribution in [0.5, 0.6) is 0 Å². The van der Waals surface area contributed by atoms with E-state index in [1.165, 1.54) is 10.5 Å². The summed E-state index contributed by atoms with van der Waals surface area (Å²) in [6, 6.07) is 4.25. The lowest BCUT2D eigenvalue weighted by Gasteiger charge is -2.22. The molecule has 9 nitrogen and oxygen atoms in total. The molecule has 3 heterocycles. The molecule has 0 unspecified atom stereocenters. The van der Waals surface area contributed by atoms with E-state index in [4.69, 9.17) is 4.74 Å². The van der Waals surface area contributed by atoms with Crippen LogP contribution in [0.3, 0.4) is 0 Å². The fourth-order valence-corrected chi connectivity index (χ4v) is 3.35. The molecule has 9 heteroatoms. The number of aryl methyl sites for hydroxylation is 1. The molecule has 0 aromatic carbocycles. The summed E-state index contributed by atoms with van der Waals surface area (Å²) in [5.41, 5.74) is 0.272. The van der Waals surface area contributed by atoms with Crippen molar-refractivity contribution in [2.24, 2.45) is 5.92 Å². The third-order valence-electron chi connectivity index (χ3n) is 5.17. The number of hydrogen-bond donors (Lipinski definition) is 1. The molecule has 0 aliphatic carbocycles. The van der Waals surface area contributed by atoms with Crippen molar-refractivity contribution in [2.45, 2.75) is 52.7 Å². The zero-order valence-electron chi connectivity index (χ0n) is 17.6. The molecule has 30 heavy (non-hydrogen) atoms. The van der Waals surface area contributed by atoms with Gasteiger partial charge in [-0.3, -0.25) is 23.7 Å². The molecule has 1 saturated heterocycles. The molecular formula is C21H26N4O5. The second-order valence-corrected chi connectivity index (χ2v) is 8.22. The van der Waals surface area contributed by atoms with Crippen molar-refractivity contribution in [1.29, 1.82) is 0 Å². The first-order valence-corrected chi connectivity index (χ1v) is 9.88. The summed E-state index contributed by atoms with van der Waals surface area (Å²) in [5, 5.41) is 2.67. The SMILES string of the molecule is Cc1cccn2c(=O)cc(COC(=O)CN3C(=O)N[C@](C)(CCC(C)C)C3=O)nc12. The number of fused-ring (bicyclic) bond motifs is 1. The van der Waals surface area contributed by atoms with Gasteiger partial charge in [-0.05, 0) is 44.2 Å². The van der Waals surface area contributed by atoms with E-state index in [2.05, 4.69) is 10.3 Å². The fourth-order valence-electron chi connectivity index (χ4n) is 3.35. The molecule has 0 spiro atoms. The number of urea groups is 1. The Bertz CT molecular complexity index is 1060. The Morgan fingerprint density at radius 1 is 1.30 bits per heavy atom. The van der Waals surface area contributed by atoms with Gasteiger partial charge in [0.15, 0.2) is 0 Å². The second-order valence-electron chi connectivity index (χ2n) is 8.22. The minimum Gasteiger partial charge on any atom is -0.458 e. The number of carbonyl (C=O) groups is 3. The van der Waals surface area contributed by atoms with E-state index < -0.39 is 30.0 Å². The van der Waals surface area contributed by atoms with Gasteiger partial charge in [-0.25, -0.2) is 9.78 Å². The van der Waals surface area contributed by atoms with E-state index in [1.54, 1.807) is 19.2 Å². The van der Waals surface area contributed by atoms with Gasteiger partial charge in [-0.2, -0.15) is 0 Å². The number of hydrogen-bond acceptors (Lipinski definition) is 6. The van der Waals surface area contributed by atoms with Crippen molar-refractivity contribution < 1.29 is 19.1 Å². The number of carbonyl (C=O) groups excluding carboxylic acids is 3. The average molecular weight is 414 g/mol. The lowest BCUT2D eigenvalue weighted by molar-refractivity contribution is -0.148. The van der Waals surface area contributed by atoms with Gasteiger partial charge in [0, 0.05) is 12.3 Å². The van der Waals surface area contributed by atoms with Gasteiger partial charge in [0.1, 0.15) is 24.3 Å². The van der Waals surface area contributed by atoms with E-state index in [9.17, 15) is 19.2 Å². The largest absolute Gasteiger partial charge is 0.458 e. The zero-order chi connectivity index (χ0) is 22.1. The summed E-state index contributed by atoms with van der Waals surface area (Å²) < 4.78 is 6.58. The summed E-state index contributed by atoms with van der Waals surface area (Å²) in [7, 11) is 0. The molecule has 2 aromatic heterocycles. The topological polar surface area (TPSA) is 110 Å². The highest BCUT2D eigenvalue weighted by Crippen LogP contribution is 2.24. The molecule has 3 rings (SSSR count). The molecule has 0 bridgehead atoms. The molecule has 1 aliphatic rings. The van der Waals surface area contributed by atoms with E-state index in [-0.39, 0.29) is 12.2 Å². The minimum absolute atomic E-state index is 0.229. The summed E-state index contributed by atoms with van der Waals surface area (Å²) in [6.07, 6.45) is 2.87. The first kappa shape index (κ1) is 21.5. The van der Waals surface area contributed by atoms with E-state index >= 15 is 0 Å². The van der Waals surface area contributed by atoms with Crippen LogP contribution in [0.25, 0.3) is 5.65 Å². The number of nitrogens with zero attached hydrogens (tertiary/aromatic N) is 3. The number of aromatic nitrogens is 2. The van der Waals surface area contributed by atoms with Gasteiger partial charge >= 0.3 is 12.0 Å². The number of rotatable bonds is 7. The maximum atomic E-state index is 12.7. The van der Waals surface area contributed by atoms with Crippen LogP contribution in [0.1, 0.15) is 44.9 Å². The molecule has 0 radical (unpaired) electrons. The van der Waals surface area contributed by atoms with Crippen LogP contribution < -0.4 is 10.9 Å². The molecule has 1 N–H and O–H groups in total. The molecule has 1 atom stereocenters. The third-order valence-corrected chi connectivity index (χ3v) is 5.17. The van der Waals surface area contributed by atoms with Gasteiger partial charge in [0.05, 0.1) is 5.69 Å². The Labute approximate surface area is 174 Å². The molecule has 3 amide bonds. The highest BCUT2D eigenvalue weighted by molar-refractivity contribution is 6.08. The normalized spacial score (nSPS) is 18.9. The van der Waals surface area contributed by atoms with Crippen LogP contribution in [-0.2, 0) is 20.9 Å². The van der Waals surface area contributed by atoms with Crippen molar-refractivity contribution in [3.8, 4) is 0 Å². The Balaban J connectivity index is 1.64. The van der Waals surface area contributed by atoms with Crippen molar-refractivity contribution in [1.82, 2.24) is 19.6 Å². The molecule has 0 saturated carbocycles. The van der Waals surface area contributed by atoms with Gasteiger partial charge in [-0.1, -0.05) is 19.9 Å². The molecular weight excluding hydrogens is 388 g/mol. The lowest BCUT2D eigenvalue weighted by Crippen LogP contribution is -2.44. The lowest BCUT2D eigenvalue weighted by atomic mass is 9.92. The smallest absolute Gasteiger partial charge is 0.326 e. The molecule has 160 valence electrons. The number of pyridine rings is 1. The van der Waals surface area contributed by atoms with Crippen molar-refractivity contribution in [3.63, 3.8) is 0 Å². The summed E-state index contributed by atoms with van der Waals surface area (Å²) in [6.45, 7) is 6.84. The van der Waals surface area contributed by atoms with Crippen LogP contribution in [0.4, 0.5) is 4.79 Å². The van der Waals surface area contributed by atoms with Crippen molar-refractivity contribution in [3.05, 3.63) is 46.0 Å². The highest BCUT2D eigenvalue weighted by Gasteiger charge is 2.48. The van der Waals surface area contributed by atoms with E-state index in [0.29, 0.717) is 23.7 Å². The number of ether oxygens (including phenoxy) is 1. The monoisotopic (exact) mass is 414 g/mol. The first-order valence-electron chi connectivity index (χ1n) is 9.88. The number of amides is 3. The Kier molecular flexibility index (Phi) is 5.91.